The Morgan fingerprint density at radius 3 is 2.42 bits per heavy atom. The van der Waals surface area contributed by atoms with E-state index in [1.807, 2.05) is 0 Å². The van der Waals surface area contributed by atoms with E-state index in [0.717, 1.165) is 6.42 Å². The number of aliphatic hydroxyl groups excluding tert-OH is 1. The molecule has 3 rings (SSSR count). The molecule has 68 valence electrons. The van der Waals surface area contributed by atoms with Gasteiger partial charge in [0, 0.05) is 5.92 Å². The van der Waals surface area contributed by atoms with Gasteiger partial charge in [-0.05, 0) is 23.7 Å². The molecule has 0 amide bonds. The highest BCUT2D eigenvalue weighted by Crippen LogP contribution is 2.54. The van der Waals surface area contributed by atoms with Crippen molar-refractivity contribution in [2.45, 2.75) is 39.7 Å². The number of rotatable bonds is 0. The number of hydrogen-bond acceptors (Lipinski definition) is 1. The van der Waals surface area contributed by atoms with E-state index in [2.05, 4.69) is 32.9 Å². The van der Waals surface area contributed by atoms with E-state index < -0.39 is 0 Å². The molecule has 0 spiro atoms. The average Bonchev–Trinajstić information content (AvgIpc) is 1.80. The van der Waals surface area contributed by atoms with Gasteiger partial charge in [-0.3, -0.25) is 0 Å². The summed E-state index contributed by atoms with van der Waals surface area (Å²) in [5.41, 5.74) is 0.554. The molecule has 1 N–H and O–H groups in total. The highest BCUT2D eigenvalue weighted by atomic mass is 16.3. The first-order chi connectivity index (χ1) is 5.43. The van der Waals surface area contributed by atoms with Gasteiger partial charge in [-0.2, -0.15) is 0 Å². The molecule has 3 aliphatic carbocycles. The lowest BCUT2D eigenvalue weighted by molar-refractivity contribution is -0.0428. The first-order valence-corrected chi connectivity index (χ1v) is 4.80. The number of aliphatic hydroxyl groups is 1. The molecule has 1 fully saturated rings. The highest BCUT2D eigenvalue weighted by Gasteiger charge is 2.48. The fourth-order valence-corrected chi connectivity index (χ4v) is 3.21. The van der Waals surface area contributed by atoms with E-state index in [1.54, 1.807) is 0 Å². The Morgan fingerprint density at radius 2 is 2.00 bits per heavy atom. The van der Waals surface area contributed by atoms with Gasteiger partial charge in [0.25, 0.3) is 0 Å². The second kappa shape index (κ2) is 2.14. The molecule has 3 atom stereocenters. The third-order valence-electron chi connectivity index (χ3n) is 3.56. The molecule has 1 heteroatoms. The van der Waals surface area contributed by atoms with Crippen molar-refractivity contribution < 1.29 is 5.11 Å². The average molecular weight is 166 g/mol. The second-order valence-corrected chi connectivity index (χ2v) is 5.48. The van der Waals surface area contributed by atoms with Crippen LogP contribution in [0.3, 0.4) is 0 Å². The minimum Gasteiger partial charge on any atom is -0.392 e. The van der Waals surface area contributed by atoms with Gasteiger partial charge in [0.15, 0.2) is 0 Å². The highest BCUT2D eigenvalue weighted by molar-refractivity contribution is 5.17. The zero-order chi connectivity index (χ0) is 8.98. The Morgan fingerprint density at radius 1 is 1.33 bits per heavy atom. The Hall–Kier alpha value is -0.300. The molecular formula is C11H18O. The molecule has 3 aliphatic rings. The third-order valence-corrected chi connectivity index (χ3v) is 3.56. The Kier molecular flexibility index (Phi) is 1.48. The first-order valence-electron chi connectivity index (χ1n) is 4.80. The summed E-state index contributed by atoms with van der Waals surface area (Å²) in [6.45, 7) is 6.79. The zero-order valence-corrected chi connectivity index (χ0v) is 8.17. The van der Waals surface area contributed by atoms with Crippen LogP contribution in [0.15, 0.2) is 12.2 Å². The fourth-order valence-electron chi connectivity index (χ4n) is 3.21. The first kappa shape index (κ1) is 8.31. The van der Waals surface area contributed by atoms with Crippen LogP contribution in [0.4, 0.5) is 0 Å². The third kappa shape index (κ3) is 1.03. The van der Waals surface area contributed by atoms with Crippen LogP contribution in [0.1, 0.15) is 33.6 Å². The normalized spacial score (nSPS) is 49.7. The van der Waals surface area contributed by atoms with Crippen LogP contribution in [0, 0.1) is 16.7 Å². The molecule has 1 nitrogen and oxygen atoms in total. The maximum atomic E-state index is 9.85. The summed E-state index contributed by atoms with van der Waals surface area (Å²) in [6.07, 6.45) is 6.59. The Labute approximate surface area is 74.5 Å². The summed E-state index contributed by atoms with van der Waals surface area (Å²) in [7, 11) is 0. The second-order valence-electron chi connectivity index (χ2n) is 5.48. The van der Waals surface area contributed by atoms with Crippen LogP contribution in [0.25, 0.3) is 0 Å². The van der Waals surface area contributed by atoms with E-state index in [4.69, 9.17) is 0 Å². The quantitative estimate of drug-likeness (QED) is 0.548. The fraction of sp³-hybridized carbons (Fsp3) is 0.818. The molecule has 0 aromatic heterocycles. The van der Waals surface area contributed by atoms with Crippen molar-refractivity contribution in [3.05, 3.63) is 12.2 Å². The van der Waals surface area contributed by atoms with E-state index in [9.17, 15) is 5.11 Å². The van der Waals surface area contributed by atoms with Gasteiger partial charge in [0.2, 0.25) is 0 Å². The minimum atomic E-state index is -0.108. The van der Waals surface area contributed by atoms with E-state index in [1.165, 1.54) is 6.42 Å². The predicted octanol–water partition coefficient (Wildman–Crippen LogP) is 2.36. The lowest BCUT2D eigenvalue weighted by Crippen LogP contribution is -2.47. The lowest BCUT2D eigenvalue weighted by Gasteiger charge is -2.52. The molecule has 0 unspecified atom stereocenters. The summed E-state index contributed by atoms with van der Waals surface area (Å²) in [6, 6.07) is 0. The van der Waals surface area contributed by atoms with E-state index in [-0.39, 0.29) is 11.5 Å². The topological polar surface area (TPSA) is 20.2 Å². The minimum absolute atomic E-state index is 0.108. The van der Waals surface area contributed by atoms with Gasteiger partial charge in [0.05, 0.1) is 6.10 Å². The maximum absolute atomic E-state index is 9.85. The van der Waals surface area contributed by atoms with Crippen molar-refractivity contribution in [2.75, 3.05) is 0 Å². The van der Waals surface area contributed by atoms with Gasteiger partial charge < -0.3 is 5.11 Å². The molecule has 0 radical (unpaired) electrons. The SMILES string of the molecule is CC1(C)C[C@@]2(C)C=C[C@@H]1[C@@H](O)C2. The maximum Gasteiger partial charge on any atom is 0.0616 e. The van der Waals surface area contributed by atoms with Gasteiger partial charge in [-0.15, -0.1) is 0 Å². The molecule has 0 saturated heterocycles. The Balaban J connectivity index is 2.38. The van der Waals surface area contributed by atoms with Crippen molar-refractivity contribution in [1.29, 1.82) is 0 Å². The van der Waals surface area contributed by atoms with Crippen LogP contribution in [0.5, 0.6) is 0 Å². The predicted molar refractivity (Wildman–Crippen MR) is 49.8 cm³/mol. The summed E-state index contributed by atoms with van der Waals surface area (Å²) < 4.78 is 0. The van der Waals surface area contributed by atoms with Crippen LogP contribution < -0.4 is 0 Å². The van der Waals surface area contributed by atoms with Crippen molar-refractivity contribution in [3.8, 4) is 0 Å². The summed E-state index contributed by atoms with van der Waals surface area (Å²) in [5.74, 6) is 0.388. The lowest BCUT2D eigenvalue weighted by atomic mass is 9.54. The van der Waals surface area contributed by atoms with Crippen molar-refractivity contribution in [2.24, 2.45) is 16.7 Å². The zero-order valence-electron chi connectivity index (χ0n) is 8.17. The van der Waals surface area contributed by atoms with Gasteiger partial charge in [0.1, 0.15) is 0 Å². The molecule has 0 heterocycles. The molecule has 0 aliphatic heterocycles. The summed E-state index contributed by atoms with van der Waals surface area (Å²) in [4.78, 5) is 0. The van der Waals surface area contributed by atoms with Crippen molar-refractivity contribution in [3.63, 3.8) is 0 Å². The largest absolute Gasteiger partial charge is 0.392 e. The summed E-state index contributed by atoms with van der Waals surface area (Å²) >= 11 is 0. The van der Waals surface area contributed by atoms with Gasteiger partial charge in [-0.25, -0.2) is 0 Å². The summed E-state index contributed by atoms with van der Waals surface area (Å²) in [5, 5.41) is 9.85. The number of hydrogen-bond donors (Lipinski definition) is 1. The standard InChI is InChI=1S/C11H18O/c1-10(2)7-11(3)5-4-8(10)9(12)6-11/h4-5,8-9,12H,6-7H2,1-3H3/t8-,9+,11+/m1/s1. The Bertz CT molecular complexity index is 229. The molecule has 2 bridgehead atoms. The van der Waals surface area contributed by atoms with Crippen LogP contribution in [-0.4, -0.2) is 11.2 Å². The van der Waals surface area contributed by atoms with Crippen molar-refractivity contribution >= 4 is 0 Å². The molecule has 0 aromatic rings. The molecule has 0 aromatic carbocycles. The van der Waals surface area contributed by atoms with E-state index >= 15 is 0 Å². The monoisotopic (exact) mass is 166 g/mol. The number of allylic oxidation sites excluding steroid dienone is 1. The van der Waals surface area contributed by atoms with Crippen LogP contribution in [-0.2, 0) is 0 Å². The smallest absolute Gasteiger partial charge is 0.0616 e. The molecule has 1 saturated carbocycles. The van der Waals surface area contributed by atoms with E-state index in [0.29, 0.717) is 11.3 Å². The molecule has 12 heavy (non-hydrogen) atoms. The van der Waals surface area contributed by atoms with Crippen LogP contribution in [0.2, 0.25) is 0 Å². The number of fused-ring (bicyclic) bond motifs is 2. The van der Waals surface area contributed by atoms with Gasteiger partial charge in [-0.1, -0.05) is 32.9 Å². The van der Waals surface area contributed by atoms with Gasteiger partial charge >= 0.3 is 0 Å². The van der Waals surface area contributed by atoms with Crippen LogP contribution >= 0.6 is 0 Å². The van der Waals surface area contributed by atoms with Crippen molar-refractivity contribution in [1.82, 2.24) is 0 Å². The molecular weight excluding hydrogens is 148 g/mol.